The van der Waals surface area contributed by atoms with Crippen LogP contribution in [0.5, 0.6) is 0 Å². The highest BCUT2D eigenvalue weighted by Gasteiger charge is 2.28. The van der Waals surface area contributed by atoms with Crippen LogP contribution in [-0.4, -0.2) is 33.9 Å². The number of esters is 1. The number of rotatable bonds is 7. The number of nitrogens with zero attached hydrogens (tertiary/aromatic N) is 1. The number of sulfonamides is 1. The van der Waals surface area contributed by atoms with Crippen LogP contribution in [0.15, 0.2) is 71.6 Å². The van der Waals surface area contributed by atoms with E-state index in [1.165, 1.54) is 37.4 Å². The van der Waals surface area contributed by atoms with Gasteiger partial charge in [-0.05, 0) is 61.4 Å². The quantitative estimate of drug-likeness (QED) is 0.493. The van der Waals surface area contributed by atoms with Crippen molar-refractivity contribution < 1.29 is 22.7 Å². The first-order chi connectivity index (χ1) is 15.6. The van der Waals surface area contributed by atoms with E-state index in [9.17, 15) is 18.0 Å². The fourth-order valence-corrected chi connectivity index (χ4v) is 4.90. The Morgan fingerprint density at radius 3 is 2.36 bits per heavy atom. The normalized spacial score (nSPS) is 11.0. The van der Waals surface area contributed by atoms with E-state index >= 15 is 0 Å². The molecule has 0 aliphatic carbocycles. The van der Waals surface area contributed by atoms with Crippen molar-refractivity contribution in [2.75, 3.05) is 23.3 Å². The molecular formula is C24H23ClN2O5S. The van der Waals surface area contributed by atoms with Crippen LogP contribution < -0.4 is 9.62 Å². The molecule has 3 rings (SSSR count). The SMILES string of the molecule is COC(=O)c1cc(NC(=O)CN(c2cc(C)ccc2C)S(=O)(=O)c2ccccc2)ccc1Cl. The van der Waals surface area contributed by atoms with Crippen LogP contribution in [0.3, 0.4) is 0 Å². The van der Waals surface area contributed by atoms with Gasteiger partial charge in [-0.25, -0.2) is 13.2 Å². The number of ether oxygens (including phenoxy) is 1. The number of amides is 1. The van der Waals surface area contributed by atoms with Crippen LogP contribution in [0.1, 0.15) is 21.5 Å². The molecule has 0 aromatic heterocycles. The van der Waals surface area contributed by atoms with Crippen LogP contribution in [0.25, 0.3) is 0 Å². The monoisotopic (exact) mass is 486 g/mol. The van der Waals surface area contributed by atoms with Crippen molar-refractivity contribution in [3.05, 3.63) is 88.4 Å². The number of methoxy groups -OCH3 is 1. The van der Waals surface area contributed by atoms with Crippen LogP contribution in [0.2, 0.25) is 5.02 Å². The molecule has 172 valence electrons. The summed E-state index contributed by atoms with van der Waals surface area (Å²) in [5.41, 5.74) is 2.32. The van der Waals surface area contributed by atoms with Gasteiger partial charge >= 0.3 is 5.97 Å². The maximum atomic E-state index is 13.5. The van der Waals surface area contributed by atoms with Crippen molar-refractivity contribution >= 4 is 44.9 Å². The topological polar surface area (TPSA) is 92.8 Å². The zero-order valence-electron chi connectivity index (χ0n) is 18.3. The largest absolute Gasteiger partial charge is 0.465 e. The molecule has 0 saturated carbocycles. The molecule has 3 aromatic rings. The van der Waals surface area contributed by atoms with Crippen LogP contribution in [0.4, 0.5) is 11.4 Å². The number of halogens is 1. The summed E-state index contributed by atoms with van der Waals surface area (Å²) >= 11 is 6.03. The van der Waals surface area contributed by atoms with Gasteiger partial charge in [0.2, 0.25) is 5.91 Å². The lowest BCUT2D eigenvalue weighted by molar-refractivity contribution is -0.114. The summed E-state index contributed by atoms with van der Waals surface area (Å²) in [6, 6.07) is 17.7. The van der Waals surface area contributed by atoms with Crippen molar-refractivity contribution in [1.29, 1.82) is 0 Å². The first-order valence-electron chi connectivity index (χ1n) is 9.96. The van der Waals surface area contributed by atoms with E-state index in [4.69, 9.17) is 16.3 Å². The van der Waals surface area contributed by atoms with E-state index < -0.39 is 28.4 Å². The molecule has 0 spiro atoms. The van der Waals surface area contributed by atoms with Crippen molar-refractivity contribution in [2.45, 2.75) is 18.7 Å². The van der Waals surface area contributed by atoms with Gasteiger partial charge in [0.05, 0.1) is 28.3 Å². The summed E-state index contributed by atoms with van der Waals surface area (Å²) in [6.07, 6.45) is 0. The van der Waals surface area contributed by atoms with E-state index in [1.54, 1.807) is 37.3 Å². The van der Waals surface area contributed by atoms with Crippen LogP contribution in [0, 0.1) is 13.8 Å². The summed E-state index contributed by atoms with van der Waals surface area (Å²) in [5, 5.41) is 2.80. The Balaban J connectivity index is 1.97. The average Bonchev–Trinajstić information content (AvgIpc) is 2.80. The van der Waals surface area contributed by atoms with Crippen LogP contribution >= 0.6 is 11.6 Å². The van der Waals surface area contributed by atoms with Gasteiger partial charge in [0.25, 0.3) is 10.0 Å². The van der Waals surface area contributed by atoms with Crippen molar-refractivity contribution in [3.8, 4) is 0 Å². The smallest absolute Gasteiger partial charge is 0.339 e. The van der Waals surface area contributed by atoms with Gasteiger partial charge in [-0.2, -0.15) is 0 Å². The Kier molecular flexibility index (Phi) is 7.40. The summed E-state index contributed by atoms with van der Waals surface area (Å²) < 4.78 is 32.7. The van der Waals surface area contributed by atoms with Gasteiger partial charge in [-0.3, -0.25) is 9.10 Å². The third kappa shape index (κ3) is 5.53. The third-order valence-electron chi connectivity index (χ3n) is 4.91. The molecular weight excluding hydrogens is 464 g/mol. The van der Waals surface area contributed by atoms with E-state index in [-0.39, 0.29) is 21.2 Å². The minimum absolute atomic E-state index is 0.0678. The zero-order valence-corrected chi connectivity index (χ0v) is 19.9. The van der Waals surface area contributed by atoms with Crippen molar-refractivity contribution in [1.82, 2.24) is 0 Å². The first kappa shape index (κ1) is 24.3. The molecule has 1 amide bonds. The number of anilines is 2. The standard InChI is InChI=1S/C24H23ClN2O5S/c1-16-9-10-17(2)22(13-16)27(33(30,31)19-7-5-4-6-8-19)15-23(28)26-18-11-12-21(25)20(14-18)24(29)32-3/h4-14H,15H2,1-3H3,(H,26,28). The van der Waals surface area contributed by atoms with E-state index in [2.05, 4.69) is 5.32 Å². The number of hydrogen-bond acceptors (Lipinski definition) is 5. The van der Waals surface area contributed by atoms with Crippen LogP contribution in [-0.2, 0) is 19.6 Å². The van der Waals surface area contributed by atoms with Gasteiger partial charge in [0.1, 0.15) is 6.54 Å². The number of carbonyl (C=O) groups excluding carboxylic acids is 2. The Labute approximate surface area is 198 Å². The molecule has 0 aliphatic rings. The first-order valence-corrected chi connectivity index (χ1v) is 11.8. The maximum Gasteiger partial charge on any atom is 0.339 e. The lowest BCUT2D eigenvalue weighted by Crippen LogP contribution is -2.38. The zero-order chi connectivity index (χ0) is 24.2. The second-order valence-corrected chi connectivity index (χ2v) is 9.62. The van der Waals surface area contributed by atoms with E-state index in [0.717, 1.165) is 9.87 Å². The summed E-state index contributed by atoms with van der Waals surface area (Å²) in [7, 11) is -2.81. The highest BCUT2D eigenvalue weighted by molar-refractivity contribution is 7.92. The third-order valence-corrected chi connectivity index (χ3v) is 7.01. The Hall–Kier alpha value is -3.36. The molecule has 7 nitrogen and oxygen atoms in total. The van der Waals surface area contributed by atoms with Crippen molar-refractivity contribution in [2.24, 2.45) is 0 Å². The fraction of sp³-hybridized carbons (Fsp3) is 0.167. The molecule has 0 aliphatic heterocycles. The molecule has 9 heteroatoms. The summed E-state index contributed by atoms with van der Waals surface area (Å²) in [4.78, 5) is 24.9. The van der Waals surface area contributed by atoms with Gasteiger partial charge in [0, 0.05) is 5.69 Å². The fourth-order valence-electron chi connectivity index (χ4n) is 3.21. The number of benzene rings is 3. The molecule has 0 radical (unpaired) electrons. The van der Waals surface area contributed by atoms with Gasteiger partial charge in [-0.1, -0.05) is 41.9 Å². The predicted octanol–water partition coefficient (Wildman–Crippen LogP) is 4.58. The van der Waals surface area contributed by atoms with Crippen molar-refractivity contribution in [3.63, 3.8) is 0 Å². The number of aryl methyl sites for hydroxylation is 2. The highest BCUT2D eigenvalue weighted by Crippen LogP contribution is 2.28. The Bertz CT molecular complexity index is 1290. The minimum atomic E-state index is -4.04. The van der Waals surface area contributed by atoms with Gasteiger partial charge in [0.15, 0.2) is 0 Å². The summed E-state index contributed by atoms with van der Waals surface area (Å²) in [6.45, 7) is 3.15. The molecule has 1 N–H and O–H groups in total. The van der Waals surface area contributed by atoms with E-state index in [1.807, 2.05) is 13.0 Å². The Morgan fingerprint density at radius 2 is 1.70 bits per heavy atom. The average molecular weight is 487 g/mol. The second kappa shape index (κ2) is 10.1. The van der Waals surface area contributed by atoms with Gasteiger partial charge in [-0.15, -0.1) is 0 Å². The number of hydrogen-bond donors (Lipinski definition) is 1. The second-order valence-electron chi connectivity index (χ2n) is 7.35. The Morgan fingerprint density at radius 1 is 1.00 bits per heavy atom. The lowest BCUT2D eigenvalue weighted by Gasteiger charge is -2.26. The molecule has 0 bridgehead atoms. The van der Waals surface area contributed by atoms with Gasteiger partial charge < -0.3 is 10.1 Å². The summed E-state index contributed by atoms with van der Waals surface area (Å²) in [5.74, 6) is -1.24. The molecule has 0 fully saturated rings. The highest BCUT2D eigenvalue weighted by atomic mass is 35.5. The molecule has 0 atom stereocenters. The predicted molar refractivity (Wildman–Crippen MR) is 128 cm³/mol. The molecule has 0 saturated heterocycles. The number of carbonyl (C=O) groups is 2. The molecule has 3 aromatic carbocycles. The minimum Gasteiger partial charge on any atom is -0.465 e. The molecule has 0 heterocycles. The molecule has 0 unspecified atom stereocenters. The number of nitrogens with one attached hydrogen (secondary N) is 1. The molecule has 33 heavy (non-hydrogen) atoms. The maximum absolute atomic E-state index is 13.5. The van der Waals surface area contributed by atoms with E-state index in [0.29, 0.717) is 11.3 Å². The lowest BCUT2D eigenvalue weighted by atomic mass is 10.1.